The third kappa shape index (κ3) is 5.51. The van der Waals surface area contributed by atoms with Crippen LogP contribution in [-0.2, 0) is 14.4 Å². The topological polar surface area (TPSA) is 107 Å². The summed E-state index contributed by atoms with van der Waals surface area (Å²) in [6, 6.07) is 3.53. The number of hydrogen-bond acceptors (Lipinski definition) is 4. The van der Waals surface area contributed by atoms with E-state index in [-0.39, 0.29) is 35.7 Å². The largest absolute Gasteiger partial charge is 0.480 e. The molecule has 0 bridgehead atoms. The van der Waals surface area contributed by atoms with Crippen LogP contribution in [0.1, 0.15) is 43.5 Å². The number of rotatable bonds is 5. The van der Waals surface area contributed by atoms with Crippen LogP contribution in [0.2, 0.25) is 0 Å². The molecule has 1 atom stereocenters. The third-order valence-corrected chi connectivity index (χ3v) is 4.66. The fourth-order valence-electron chi connectivity index (χ4n) is 3.36. The molecule has 1 heterocycles. The summed E-state index contributed by atoms with van der Waals surface area (Å²) in [5, 5.41) is 11.4. The molecule has 8 nitrogen and oxygen atoms in total. The second-order valence-electron chi connectivity index (χ2n) is 6.79. The Bertz CT molecular complexity index is 783. The number of halogens is 1. The van der Waals surface area contributed by atoms with Crippen molar-refractivity contribution < 1.29 is 28.7 Å². The van der Waals surface area contributed by atoms with Crippen molar-refractivity contribution in [3.8, 4) is 0 Å². The number of nitrogens with zero attached hydrogens (tertiary/aromatic N) is 2. The molecule has 1 aromatic rings. The van der Waals surface area contributed by atoms with Crippen molar-refractivity contribution in [2.24, 2.45) is 0 Å². The zero-order chi connectivity index (χ0) is 20.8. The maximum absolute atomic E-state index is 13.8. The van der Waals surface area contributed by atoms with Crippen LogP contribution < -0.4 is 5.32 Å². The summed E-state index contributed by atoms with van der Waals surface area (Å²) in [4.78, 5) is 49.7. The minimum Gasteiger partial charge on any atom is -0.480 e. The van der Waals surface area contributed by atoms with E-state index in [2.05, 4.69) is 5.32 Å². The highest BCUT2D eigenvalue weighted by molar-refractivity contribution is 5.97. The number of benzene rings is 1. The van der Waals surface area contributed by atoms with E-state index in [0.29, 0.717) is 32.4 Å². The number of carboxylic acid groups (broad SMARTS) is 1. The van der Waals surface area contributed by atoms with Crippen molar-refractivity contribution in [2.45, 2.75) is 39.2 Å². The number of carbonyl (C=O) groups excluding carboxylic acids is 3. The molecule has 3 amide bonds. The lowest BCUT2D eigenvalue weighted by molar-refractivity contribution is -0.145. The van der Waals surface area contributed by atoms with E-state index in [1.807, 2.05) is 0 Å². The van der Waals surface area contributed by atoms with Gasteiger partial charge in [0.1, 0.15) is 12.4 Å². The van der Waals surface area contributed by atoms with E-state index >= 15 is 0 Å². The molecule has 152 valence electrons. The van der Waals surface area contributed by atoms with Crippen LogP contribution in [0.15, 0.2) is 18.2 Å². The molecule has 9 heteroatoms. The van der Waals surface area contributed by atoms with Gasteiger partial charge in [-0.3, -0.25) is 19.2 Å². The number of anilines is 1. The predicted octanol–water partition coefficient (Wildman–Crippen LogP) is 1.71. The molecular weight excluding hydrogens is 369 g/mol. The Morgan fingerprint density at radius 1 is 1.21 bits per heavy atom. The number of hydrogen-bond donors (Lipinski definition) is 2. The molecule has 0 aliphatic carbocycles. The monoisotopic (exact) mass is 393 g/mol. The van der Waals surface area contributed by atoms with E-state index in [9.17, 15) is 23.6 Å². The Kier molecular flexibility index (Phi) is 7.08. The number of nitrogens with one attached hydrogen (secondary N) is 1. The van der Waals surface area contributed by atoms with E-state index in [1.54, 1.807) is 4.90 Å². The summed E-state index contributed by atoms with van der Waals surface area (Å²) >= 11 is 0. The fraction of sp³-hybridized carbons (Fsp3) is 0.474. The van der Waals surface area contributed by atoms with Crippen molar-refractivity contribution >= 4 is 29.4 Å². The summed E-state index contributed by atoms with van der Waals surface area (Å²) in [5.74, 6) is -2.77. The van der Waals surface area contributed by atoms with Crippen molar-refractivity contribution in [1.82, 2.24) is 9.80 Å². The number of aliphatic carboxylic acids is 1. The SMILES string of the molecule is CC(=O)Nc1cc(C(=O)N2CCCC(N(CC(=O)O)C(C)=O)CC2)ccc1F. The molecule has 1 aromatic carbocycles. The Morgan fingerprint density at radius 3 is 2.54 bits per heavy atom. The average Bonchev–Trinajstić information content (AvgIpc) is 2.86. The molecule has 1 saturated heterocycles. The molecule has 28 heavy (non-hydrogen) atoms. The summed E-state index contributed by atoms with van der Waals surface area (Å²) in [7, 11) is 0. The van der Waals surface area contributed by atoms with Gasteiger partial charge in [0.15, 0.2) is 0 Å². The Balaban J connectivity index is 2.11. The standard InChI is InChI=1S/C19H24FN3O5/c1-12(24)21-17-10-14(5-6-16(17)20)19(28)22-8-3-4-15(7-9-22)23(13(2)25)11-18(26)27/h5-6,10,15H,3-4,7-9,11H2,1-2H3,(H,21,24)(H,26,27). The minimum atomic E-state index is -1.08. The lowest BCUT2D eigenvalue weighted by atomic mass is 10.1. The number of carbonyl (C=O) groups is 4. The highest BCUT2D eigenvalue weighted by Crippen LogP contribution is 2.21. The first-order valence-electron chi connectivity index (χ1n) is 9.04. The first-order valence-corrected chi connectivity index (χ1v) is 9.04. The molecule has 2 rings (SSSR count). The normalized spacial score (nSPS) is 16.8. The quantitative estimate of drug-likeness (QED) is 0.792. The van der Waals surface area contributed by atoms with Gasteiger partial charge < -0.3 is 20.2 Å². The van der Waals surface area contributed by atoms with Crippen molar-refractivity contribution in [3.63, 3.8) is 0 Å². The smallest absolute Gasteiger partial charge is 0.323 e. The minimum absolute atomic E-state index is 0.0599. The Hall–Kier alpha value is -2.97. The van der Waals surface area contributed by atoms with Gasteiger partial charge in [-0.2, -0.15) is 0 Å². The molecule has 0 saturated carbocycles. The number of carboxylic acids is 1. The van der Waals surface area contributed by atoms with Gasteiger partial charge >= 0.3 is 5.97 Å². The summed E-state index contributed by atoms with van der Waals surface area (Å²) in [5.41, 5.74) is 0.188. The molecule has 0 spiro atoms. The zero-order valence-corrected chi connectivity index (χ0v) is 15.9. The highest BCUT2D eigenvalue weighted by Gasteiger charge is 2.28. The van der Waals surface area contributed by atoms with Crippen LogP contribution in [0, 0.1) is 5.82 Å². The van der Waals surface area contributed by atoms with Crippen LogP contribution in [0.4, 0.5) is 10.1 Å². The summed E-state index contributed by atoms with van der Waals surface area (Å²) in [6.07, 6.45) is 1.66. The van der Waals surface area contributed by atoms with Crippen LogP contribution in [0.25, 0.3) is 0 Å². The lowest BCUT2D eigenvalue weighted by Crippen LogP contribution is -2.43. The fourth-order valence-corrected chi connectivity index (χ4v) is 3.36. The van der Waals surface area contributed by atoms with E-state index < -0.39 is 17.7 Å². The van der Waals surface area contributed by atoms with Gasteiger partial charge in [-0.25, -0.2) is 4.39 Å². The first-order chi connectivity index (χ1) is 13.2. The molecule has 1 fully saturated rings. The molecule has 0 aromatic heterocycles. The number of amides is 3. The molecule has 1 aliphatic heterocycles. The van der Waals surface area contributed by atoms with Gasteiger partial charge in [0.05, 0.1) is 5.69 Å². The maximum atomic E-state index is 13.8. The van der Waals surface area contributed by atoms with E-state index in [1.165, 1.54) is 30.9 Å². The van der Waals surface area contributed by atoms with E-state index in [0.717, 1.165) is 6.07 Å². The van der Waals surface area contributed by atoms with Crippen LogP contribution in [0.3, 0.4) is 0 Å². The van der Waals surface area contributed by atoms with E-state index in [4.69, 9.17) is 5.11 Å². The van der Waals surface area contributed by atoms with Gasteiger partial charge in [-0.1, -0.05) is 0 Å². The predicted molar refractivity (Wildman–Crippen MR) is 99.3 cm³/mol. The lowest BCUT2D eigenvalue weighted by Gasteiger charge is -2.28. The second-order valence-corrected chi connectivity index (χ2v) is 6.79. The Labute approximate surface area is 162 Å². The van der Waals surface area contributed by atoms with Crippen molar-refractivity contribution in [3.05, 3.63) is 29.6 Å². The second kappa shape index (κ2) is 9.29. The molecule has 1 aliphatic rings. The van der Waals surface area contributed by atoms with Crippen LogP contribution >= 0.6 is 0 Å². The van der Waals surface area contributed by atoms with Gasteiger partial charge in [0.2, 0.25) is 11.8 Å². The average molecular weight is 393 g/mol. The summed E-state index contributed by atoms with van der Waals surface area (Å²) < 4.78 is 13.8. The van der Waals surface area contributed by atoms with Gasteiger partial charge in [-0.05, 0) is 37.5 Å². The van der Waals surface area contributed by atoms with Crippen LogP contribution in [0.5, 0.6) is 0 Å². The number of likely N-dealkylation sites (tertiary alicyclic amines) is 1. The van der Waals surface area contributed by atoms with Crippen LogP contribution in [-0.4, -0.2) is 64.3 Å². The summed E-state index contributed by atoms with van der Waals surface area (Å²) in [6.45, 7) is 3.01. The third-order valence-electron chi connectivity index (χ3n) is 4.66. The molecule has 1 unspecified atom stereocenters. The zero-order valence-electron chi connectivity index (χ0n) is 15.9. The van der Waals surface area contributed by atoms with Gasteiger partial charge in [0.25, 0.3) is 5.91 Å². The van der Waals surface area contributed by atoms with Gasteiger partial charge in [-0.15, -0.1) is 0 Å². The van der Waals surface area contributed by atoms with Crippen molar-refractivity contribution in [1.29, 1.82) is 0 Å². The first kappa shape index (κ1) is 21.3. The van der Waals surface area contributed by atoms with Crippen molar-refractivity contribution in [2.75, 3.05) is 25.0 Å². The molecule has 0 radical (unpaired) electrons. The van der Waals surface area contributed by atoms with Gasteiger partial charge in [0, 0.05) is 38.5 Å². The Morgan fingerprint density at radius 2 is 1.93 bits per heavy atom. The molecule has 2 N–H and O–H groups in total. The molecular formula is C19H24FN3O5. The maximum Gasteiger partial charge on any atom is 0.323 e. The highest BCUT2D eigenvalue weighted by atomic mass is 19.1.